The Labute approximate surface area is 291 Å². The minimum Gasteiger partial charge on any atom is -0.309 e. The summed E-state index contributed by atoms with van der Waals surface area (Å²) < 4.78 is 2.19. The van der Waals surface area contributed by atoms with Crippen LogP contribution in [0.15, 0.2) is 170 Å². The normalized spacial score (nSPS) is 11.1. The van der Waals surface area contributed by atoms with E-state index in [-0.39, 0.29) is 0 Å². The van der Waals surface area contributed by atoms with Crippen molar-refractivity contribution in [1.29, 1.82) is 10.5 Å². The average molecular weight is 653 g/mol. The number of benzene rings is 7. The van der Waals surface area contributed by atoms with Gasteiger partial charge in [-0.05, 0) is 80.2 Å². The predicted molar refractivity (Wildman–Crippen MR) is 206 cm³/mol. The van der Waals surface area contributed by atoms with Crippen LogP contribution in [-0.2, 0) is 0 Å². The van der Waals surface area contributed by atoms with Gasteiger partial charge in [0.25, 0.3) is 0 Å². The van der Waals surface area contributed by atoms with Crippen LogP contribution in [0.3, 0.4) is 0 Å². The van der Waals surface area contributed by atoms with Crippen molar-refractivity contribution in [3.05, 3.63) is 192 Å². The van der Waals surface area contributed by atoms with Crippen molar-refractivity contribution in [3.8, 4) is 29.0 Å². The molecule has 50 heavy (non-hydrogen) atoms. The largest absolute Gasteiger partial charge is 0.309 e. The molecule has 0 radical (unpaired) electrons. The highest BCUT2D eigenvalue weighted by Crippen LogP contribution is 2.38. The fourth-order valence-electron chi connectivity index (χ4n) is 7.43. The number of hydrogen-bond donors (Lipinski definition) is 0. The van der Waals surface area contributed by atoms with Gasteiger partial charge < -0.3 is 4.57 Å². The molecule has 232 valence electrons. The molecular formula is C45H28N4Si. The first-order valence-corrected chi connectivity index (χ1v) is 18.3. The molecule has 0 unspecified atom stereocenters. The van der Waals surface area contributed by atoms with Gasteiger partial charge in [0.2, 0.25) is 0 Å². The van der Waals surface area contributed by atoms with E-state index in [4.69, 9.17) is 6.57 Å². The summed E-state index contributed by atoms with van der Waals surface area (Å²) in [5.74, 6) is 0. The molecule has 7 aromatic carbocycles. The zero-order valence-electron chi connectivity index (χ0n) is 27.0. The van der Waals surface area contributed by atoms with Crippen molar-refractivity contribution in [1.82, 2.24) is 4.57 Å². The van der Waals surface area contributed by atoms with Crippen LogP contribution >= 0.6 is 0 Å². The lowest BCUT2D eigenvalue weighted by Gasteiger charge is -2.34. The Bertz CT molecular complexity index is 2510. The average Bonchev–Trinajstić information content (AvgIpc) is 3.52. The van der Waals surface area contributed by atoms with Crippen molar-refractivity contribution in [2.75, 3.05) is 0 Å². The van der Waals surface area contributed by atoms with E-state index in [0.29, 0.717) is 16.8 Å². The quantitative estimate of drug-likeness (QED) is 0.104. The topological polar surface area (TPSA) is 56.9 Å². The summed E-state index contributed by atoms with van der Waals surface area (Å²) in [6.07, 6.45) is 0. The van der Waals surface area contributed by atoms with Crippen LogP contribution in [0.4, 0.5) is 5.69 Å². The lowest BCUT2D eigenvalue weighted by molar-refractivity contribution is 1.18. The summed E-state index contributed by atoms with van der Waals surface area (Å²) in [7, 11) is -2.81. The van der Waals surface area contributed by atoms with E-state index >= 15 is 0 Å². The van der Waals surface area contributed by atoms with E-state index in [9.17, 15) is 10.5 Å². The molecule has 0 amide bonds. The summed E-state index contributed by atoms with van der Waals surface area (Å²) >= 11 is 0. The number of fused-ring (bicyclic) bond motifs is 3. The second-order valence-corrected chi connectivity index (χ2v) is 16.1. The monoisotopic (exact) mass is 652 g/mol. The smallest absolute Gasteiger partial charge is 0.188 e. The van der Waals surface area contributed by atoms with Gasteiger partial charge in [-0.2, -0.15) is 10.5 Å². The minimum absolute atomic E-state index is 0.538. The van der Waals surface area contributed by atoms with Crippen LogP contribution in [0.2, 0.25) is 0 Å². The van der Waals surface area contributed by atoms with Crippen molar-refractivity contribution < 1.29 is 0 Å². The van der Waals surface area contributed by atoms with Gasteiger partial charge in [-0.25, -0.2) is 4.85 Å². The molecule has 0 N–H and O–H groups in total. The highest BCUT2D eigenvalue weighted by molar-refractivity contribution is 7.19. The molecule has 1 aromatic heterocycles. The maximum Gasteiger partial charge on any atom is 0.188 e. The third-order valence-corrected chi connectivity index (χ3v) is 14.4. The number of nitriles is 2. The van der Waals surface area contributed by atoms with E-state index in [1.54, 1.807) is 0 Å². The van der Waals surface area contributed by atoms with Crippen LogP contribution in [0.5, 0.6) is 0 Å². The van der Waals surface area contributed by atoms with Gasteiger partial charge in [0.15, 0.2) is 13.8 Å². The SMILES string of the molecule is [C-]#[N+]c1ccc2c(c1)c1cc(C#N)ccc1n2-c1ccc(C#N)cc1-c1cccc([Si](c2ccccc2)(c2ccccc2)c2ccccc2)c1. The number of rotatable bonds is 6. The second kappa shape index (κ2) is 12.6. The zero-order chi connectivity index (χ0) is 34.1. The molecule has 1 heterocycles. The lowest BCUT2D eigenvalue weighted by Crippen LogP contribution is -2.74. The Morgan fingerprint density at radius 1 is 0.500 bits per heavy atom. The van der Waals surface area contributed by atoms with E-state index in [1.807, 2.05) is 54.6 Å². The number of aromatic nitrogens is 1. The first kappa shape index (κ1) is 30.4. The van der Waals surface area contributed by atoms with Crippen LogP contribution < -0.4 is 20.7 Å². The first-order valence-electron chi connectivity index (χ1n) is 16.3. The molecule has 0 saturated carbocycles. The van der Waals surface area contributed by atoms with E-state index < -0.39 is 8.07 Å². The number of hydrogen-bond acceptors (Lipinski definition) is 2. The van der Waals surface area contributed by atoms with Gasteiger partial charge in [0, 0.05) is 10.9 Å². The van der Waals surface area contributed by atoms with Crippen molar-refractivity contribution in [3.63, 3.8) is 0 Å². The van der Waals surface area contributed by atoms with E-state index in [2.05, 4.69) is 137 Å². The molecule has 0 aliphatic rings. The van der Waals surface area contributed by atoms with Crippen LogP contribution in [0.1, 0.15) is 11.1 Å². The molecular weight excluding hydrogens is 625 g/mol. The molecule has 0 spiro atoms. The third-order valence-electron chi connectivity index (χ3n) is 9.60. The minimum atomic E-state index is -2.81. The standard InChI is InChI=1S/C45H28N4Si/c1-48-35-22-25-45-42(29-35)41-27-33(31-47)21-24-44(41)49(45)43-23-20-32(30-46)26-40(43)34-12-11-19-39(28-34)50(36-13-5-2-6-14-36,37-15-7-3-8-16-37)38-17-9-4-10-18-38/h2-29H. The summed E-state index contributed by atoms with van der Waals surface area (Å²) in [5, 5.41) is 26.7. The number of nitrogens with zero attached hydrogens (tertiary/aromatic N) is 4. The van der Waals surface area contributed by atoms with Crippen LogP contribution in [0.25, 0.3) is 43.5 Å². The molecule has 5 heteroatoms. The Kier molecular flexibility index (Phi) is 7.63. The summed E-state index contributed by atoms with van der Waals surface area (Å²) in [5.41, 5.74) is 6.33. The molecule has 0 atom stereocenters. The van der Waals surface area contributed by atoms with Gasteiger partial charge in [-0.15, -0.1) is 0 Å². The molecule has 0 bridgehead atoms. The molecule has 8 rings (SSSR count). The Morgan fingerprint density at radius 2 is 1.02 bits per heavy atom. The van der Waals surface area contributed by atoms with Gasteiger partial charge in [0.05, 0.1) is 46.6 Å². The third kappa shape index (κ3) is 4.88. The zero-order valence-corrected chi connectivity index (χ0v) is 28.0. The molecule has 0 aliphatic carbocycles. The van der Waals surface area contributed by atoms with Crippen LogP contribution in [0, 0.1) is 29.2 Å². The maximum absolute atomic E-state index is 10.1. The van der Waals surface area contributed by atoms with E-state index in [0.717, 1.165) is 38.6 Å². The molecule has 0 aliphatic heterocycles. The molecule has 0 saturated heterocycles. The molecule has 0 fully saturated rings. The highest BCUT2D eigenvalue weighted by atomic mass is 28.3. The first-order chi connectivity index (χ1) is 24.6. The second-order valence-electron chi connectivity index (χ2n) is 12.3. The summed E-state index contributed by atoms with van der Waals surface area (Å²) in [4.78, 5) is 3.69. The van der Waals surface area contributed by atoms with Gasteiger partial charge in [-0.1, -0.05) is 121 Å². The highest BCUT2D eigenvalue weighted by Gasteiger charge is 2.41. The maximum atomic E-state index is 10.1. The van der Waals surface area contributed by atoms with Crippen molar-refractivity contribution in [2.45, 2.75) is 0 Å². The fraction of sp³-hybridized carbons (Fsp3) is 0. The molecule has 4 nitrogen and oxygen atoms in total. The Morgan fingerprint density at radius 3 is 1.60 bits per heavy atom. The Balaban J connectivity index is 1.44. The van der Waals surface area contributed by atoms with Crippen molar-refractivity contribution >= 4 is 56.3 Å². The lowest BCUT2D eigenvalue weighted by atomic mass is 10.0. The van der Waals surface area contributed by atoms with Gasteiger partial charge in [-0.3, -0.25) is 0 Å². The van der Waals surface area contributed by atoms with Crippen molar-refractivity contribution in [2.24, 2.45) is 0 Å². The van der Waals surface area contributed by atoms with Crippen LogP contribution in [-0.4, -0.2) is 12.6 Å². The molecule has 8 aromatic rings. The summed E-state index contributed by atoms with van der Waals surface area (Å²) in [6.45, 7) is 7.66. The Hall–Kier alpha value is -6.97. The fourth-order valence-corrected chi connectivity index (χ4v) is 12.2. The predicted octanol–water partition coefficient (Wildman–Crippen LogP) is 8.12. The van der Waals surface area contributed by atoms with Gasteiger partial charge in [0.1, 0.15) is 0 Å². The van der Waals surface area contributed by atoms with Gasteiger partial charge >= 0.3 is 0 Å². The van der Waals surface area contributed by atoms with E-state index in [1.165, 1.54) is 20.7 Å². The summed E-state index contributed by atoms with van der Waals surface area (Å²) in [6, 6.07) is 63.2.